The normalized spacial score (nSPS) is 36.5. The third kappa shape index (κ3) is 4.49. The highest BCUT2D eigenvalue weighted by atomic mass is 15.0. The molecule has 0 amide bonds. The Labute approximate surface area is 293 Å². The zero-order chi connectivity index (χ0) is 32.1. The van der Waals surface area contributed by atoms with Crippen LogP contribution < -0.4 is 0 Å². The first-order chi connectivity index (χ1) is 24.3. The van der Waals surface area contributed by atoms with Crippen LogP contribution in [0.25, 0.3) is 44.1 Å². The summed E-state index contributed by atoms with van der Waals surface area (Å²) in [4.78, 5) is 0. The van der Waals surface area contributed by atoms with Gasteiger partial charge in [-0.2, -0.15) is 0 Å². The molecule has 1 nitrogen and oxygen atoms in total. The molecule has 8 atom stereocenters. The third-order valence-corrected chi connectivity index (χ3v) is 15.9. The van der Waals surface area contributed by atoms with Gasteiger partial charge in [-0.15, -0.1) is 0 Å². The molecular weight excluding hydrogens is 591 g/mol. The highest BCUT2D eigenvalue weighted by Gasteiger charge is 2.63. The number of hydrogen-bond acceptors (Lipinski definition) is 0. The van der Waals surface area contributed by atoms with E-state index in [1.165, 1.54) is 95.4 Å². The number of fused-ring (bicyclic) bond motifs is 9. The summed E-state index contributed by atoms with van der Waals surface area (Å²) in [5.41, 5.74) is 8.26. The maximum Gasteiger partial charge on any atom is 0.0494 e. The van der Waals surface area contributed by atoms with Gasteiger partial charge in [0.15, 0.2) is 0 Å². The van der Waals surface area contributed by atoms with E-state index in [1.807, 2.05) is 0 Å². The Morgan fingerprint density at radius 2 is 0.776 bits per heavy atom. The molecule has 1 aromatic heterocycles. The molecule has 6 saturated carbocycles. The molecular formula is C48H53N. The van der Waals surface area contributed by atoms with Crippen molar-refractivity contribution in [3.05, 3.63) is 97.1 Å². The number of rotatable bonds is 3. The van der Waals surface area contributed by atoms with Crippen LogP contribution in [0.4, 0.5) is 0 Å². The zero-order valence-corrected chi connectivity index (χ0v) is 29.2. The van der Waals surface area contributed by atoms with Gasteiger partial charge in [0.25, 0.3) is 0 Å². The van der Waals surface area contributed by atoms with Crippen molar-refractivity contribution in [2.45, 2.75) is 89.5 Å². The van der Waals surface area contributed by atoms with Crippen LogP contribution in [0.2, 0.25) is 0 Å². The van der Waals surface area contributed by atoms with E-state index in [-0.39, 0.29) is 0 Å². The van der Waals surface area contributed by atoms with Crippen LogP contribution in [0.5, 0.6) is 0 Å². The van der Waals surface area contributed by atoms with Gasteiger partial charge in [-0.1, -0.05) is 105 Å². The summed E-state index contributed by atoms with van der Waals surface area (Å²) in [7, 11) is 0. The standard InChI is InChI=1S/C48H53N/c1-3-12-30(13-4-1)32-22-24-45-41(26-32)42-27-33(31-14-5-2-6-15-31)23-25-46(42)49(45)34-28-43-37-18-9-7-16-35(37)39-20-11-21-40-36-17-8-10-19-38(36)44(29-34)48(43)47(39)40/h1-6,12-15,22-27,34-40,43-44,47-48H,7-11,16-21,28-29H2. The summed E-state index contributed by atoms with van der Waals surface area (Å²) in [5.74, 6) is 10.1. The van der Waals surface area contributed by atoms with E-state index in [4.69, 9.17) is 0 Å². The van der Waals surface area contributed by atoms with Gasteiger partial charge in [-0.25, -0.2) is 0 Å². The Balaban J connectivity index is 1.08. The van der Waals surface area contributed by atoms with Crippen LogP contribution in [-0.2, 0) is 0 Å². The molecule has 250 valence electrons. The fourth-order valence-corrected chi connectivity index (χ4v) is 14.5. The number of hydrogen-bond donors (Lipinski definition) is 0. The molecule has 8 unspecified atom stereocenters. The van der Waals surface area contributed by atoms with Crippen molar-refractivity contribution in [1.82, 2.24) is 4.57 Å². The highest BCUT2D eigenvalue weighted by molar-refractivity contribution is 6.10. The van der Waals surface area contributed by atoms with Gasteiger partial charge in [0, 0.05) is 27.8 Å². The predicted octanol–water partition coefficient (Wildman–Crippen LogP) is 13.0. The fraction of sp³-hybridized carbons (Fsp3) is 0.500. The maximum atomic E-state index is 2.92. The Hall–Kier alpha value is -3.32. The van der Waals surface area contributed by atoms with Crippen LogP contribution >= 0.6 is 0 Å². The van der Waals surface area contributed by atoms with E-state index in [9.17, 15) is 0 Å². The van der Waals surface area contributed by atoms with Crippen molar-refractivity contribution in [1.29, 1.82) is 0 Å². The summed E-state index contributed by atoms with van der Waals surface area (Å²) >= 11 is 0. The van der Waals surface area contributed by atoms with Crippen molar-refractivity contribution in [2.24, 2.45) is 59.2 Å². The van der Waals surface area contributed by atoms with E-state index in [0.29, 0.717) is 6.04 Å². The maximum absolute atomic E-state index is 2.92. The Kier molecular flexibility index (Phi) is 6.97. The molecule has 4 aromatic carbocycles. The number of nitrogens with zero attached hydrogens (tertiary/aromatic N) is 1. The van der Waals surface area contributed by atoms with Crippen molar-refractivity contribution in [2.75, 3.05) is 0 Å². The zero-order valence-electron chi connectivity index (χ0n) is 29.2. The van der Waals surface area contributed by atoms with Gasteiger partial charge in [-0.3, -0.25) is 0 Å². The number of aromatic nitrogens is 1. The van der Waals surface area contributed by atoms with E-state index in [0.717, 1.165) is 59.2 Å². The van der Waals surface area contributed by atoms with Gasteiger partial charge in [-0.05, 0) is 157 Å². The molecule has 0 bridgehead atoms. The van der Waals surface area contributed by atoms with Crippen molar-refractivity contribution >= 4 is 21.8 Å². The summed E-state index contributed by atoms with van der Waals surface area (Å²) in [6.07, 6.45) is 19.7. The second-order valence-corrected chi connectivity index (χ2v) is 17.7. The van der Waals surface area contributed by atoms with Gasteiger partial charge < -0.3 is 4.57 Å². The average molecular weight is 644 g/mol. The van der Waals surface area contributed by atoms with Gasteiger partial charge in [0.05, 0.1) is 0 Å². The van der Waals surface area contributed by atoms with Crippen LogP contribution in [0.3, 0.4) is 0 Å². The minimum atomic E-state index is 0.609. The van der Waals surface area contributed by atoms with E-state index >= 15 is 0 Å². The summed E-state index contributed by atoms with van der Waals surface area (Å²) in [5, 5.41) is 2.89. The molecule has 5 aromatic rings. The second-order valence-electron chi connectivity index (χ2n) is 17.7. The van der Waals surface area contributed by atoms with Gasteiger partial charge >= 0.3 is 0 Å². The largest absolute Gasteiger partial charge is 0.337 e. The minimum Gasteiger partial charge on any atom is -0.337 e. The van der Waals surface area contributed by atoms with Crippen LogP contribution in [0, 0.1) is 59.2 Å². The Morgan fingerprint density at radius 1 is 0.367 bits per heavy atom. The molecule has 0 saturated heterocycles. The smallest absolute Gasteiger partial charge is 0.0494 e. The van der Waals surface area contributed by atoms with Crippen molar-refractivity contribution < 1.29 is 0 Å². The summed E-state index contributed by atoms with van der Waals surface area (Å²) in [6.45, 7) is 0. The van der Waals surface area contributed by atoms with E-state index in [1.54, 1.807) is 32.1 Å². The second kappa shape index (κ2) is 11.6. The Morgan fingerprint density at radius 3 is 1.24 bits per heavy atom. The lowest BCUT2D eigenvalue weighted by molar-refractivity contribution is -0.192. The van der Waals surface area contributed by atoms with Crippen molar-refractivity contribution in [3.8, 4) is 22.3 Å². The molecule has 0 N–H and O–H groups in total. The van der Waals surface area contributed by atoms with Crippen LogP contribution in [0.1, 0.15) is 89.5 Å². The average Bonchev–Trinajstić information content (AvgIpc) is 3.51. The fourth-order valence-electron chi connectivity index (χ4n) is 14.5. The number of benzene rings is 4. The predicted molar refractivity (Wildman–Crippen MR) is 204 cm³/mol. The first kappa shape index (κ1) is 29.4. The molecule has 0 spiro atoms. The van der Waals surface area contributed by atoms with Crippen LogP contribution in [0.15, 0.2) is 97.1 Å². The summed E-state index contributed by atoms with van der Waals surface area (Å²) < 4.78 is 2.92. The molecule has 6 aliphatic carbocycles. The van der Waals surface area contributed by atoms with E-state index < -0.39 is 0 Å². The van der Waals surface area contributed by atoms with Gasteiger partial charge in [0.1, 0.15) is 0 Å². The quantitative estimate of drug-likeness (QED) is 0.184. The lowest BCUT2D eigenvalue weighted by Crippen LogP contribution is -2.62. The Bertz CT molecular complexity index is 1850. The molecule has 11 rings (SSSR count). The lowest BCUT2D eigenvalue weighted by Gasteiger charge is -2.68. The SMILES string of the molecule is c1ccc(-c2ccc3c(c2)c2cc(-c4ccccc4)ccc2n3C2CC3C4CCCCC4C4CCCC5C6CCCCC6C(C2)C3C45)cc1. The first-order valence-corrected chi connectivity index (χ1v) is 20.5. The van der Waals surface area contributed by atoms with Crippen LogP contribution in [-0.4, -0.2) is 4.57 Å². The third-order valence-electron chi connectivity index (χ3n) is 15.9. The van der Waals surface area contributed by atoms with Crippen molar-refractivity contribution in [3.63, 3.8) is 0 Å². The molecule has 1 heteroatoms. The molecule has 6 aliphatic rings. The summed E-state index contributed by atoms with van der Waals surface area (Å²) in [6, 6.07) is 37.6. The van der Waals surface area contributed by atoms with E-state index in [2.05, 4.69) is 102 Å². The van der Waals surface area contributed by atoms with Gasteiger partial charge in [0.2, 0.25) is 0 Å². The molecule has 49 heavy (non-hydrogen) atoms. The lowest BCUT2D eigenvalue weighted by atomic mass is 9.37. The first-order valence-electron chi connectivity index (χ1n) is 20.5. The molecule has 0 aliphatic heterocycles. The monoisotopic (exact) mass is 643 g/mol. The minimum absolute atomic E-state index is 0.609. The molecule has 6 fully saturated rings. The molecule has 0 radical (unpaired) electrons. The topological polar surface area (TPSA) is 4.93 Å². The highest BCUT2D eigenvalue weighted by Crippen LogP contribution is 2.70. The molecule has 1 heterocycles.